The zero-order valence-electron chi connectivity index (χ0n) is 8.17. The number of carbonyl (C=O) groups is 1. The Morgan fingerprint density at radius 3 is 2.58 bits per heavy atom. The fourth-order valence-electron chi connectivity index (χ4n) is 0.768. The molecule has 0 saturated heterocycles. The molecule has 0 rings (SSSR count). The number of allylic oxidation sites excluding steroid dienone is 1. The van der Waals surface area contributed by atoms with Gasteiger partial charge in [-0.1, -0.05) is 32.9 Å². The van der Waals surface area contributed by atoms with E-state index in [4.69, 9.17) is 4.74 Å². The lowest BCUT2D eigenvalue weighted by molar-refractivity contribution is -0.143. The number of rotatable bonds is 5. The second-order valence-corrected chi connectivity index (χ2v) is 3.16. The first-order chi connectivity index (χ1) is 5.66. The van der Waals surface area contributed by atoms with Crippen LogP contribution < -0.4 is 0 Å². The monoisotopic (exact) mass is 170 g/mol. The second-order valence-electron chi connectivity index (χ2n) is 3.16. The molecular formula is C10H18O2. The predicted octanol–water partition coefficient (Wildman–Crippen LogP) is 2.54. The molecule has 0 amide bonds. The van der Waals surface area contributed by atoms with Gasteiger partial charge in [-0.05, 0) is 12.3 Å². The lowest BCUT2D eigenvalue weighted by Crippen LogP contribution is -2.07. The lowest BCUT2D eigenvalue weighted by Gasteiger charge is -2.03. The Labute approximate surface area is 74.6 Å². The highest BCUT2D eigenvalue weighted by atomic mass is 16.5. The predicted molar refractivity (Wildman–Crippen MR) is 49.8 cm³/mol. The third-order valence-electron chi connectivity index (χ3n) is 1.32. The van der Waals surface area contributed by atoms with Crippen LogP contribution in [0.2, 0.25) is 0 Å². The number of hydrogen-bond acceptors (Lipinski definition) is 2. The molecule has 0 aromatic heterocycles. The zero-order chi connectivity index (χ0) is 9.40. The maximum atomic E-state index is 11.0. The van der Waals surface area contributed by atoms with Crippen molar-refractivity contribution in [1.82, 2.24) is 0 Å². The van der Waals surface area contributed by atoms with Gasteiger partial charge >= 0.3 is 5.97 Å². The summed E-state index contributed by atoms with van der Waals surface area (Å²) in [7, 11) is 0. The van der Waals surface area contributed by atoms with Gasteiger partial charge in [0.25, 0.3) is 0 Å². The molecule has 0 N–H and O–H groups in total. The quantitative estimate of drug-likeness (QED) is 0.468. The summed E-state index contributed by atoms with van der Waals surface area (Å²) < 4.78 is 4.93. The minimum absolute atomic E-state index is 0.106. The van der Waals surface area contributed by atoms with Crippen molar-refractivity contribution in [2.45, 2.75) is 33.6 Å². The van der Waals surface area contributed by atoms with Crippen LogP contribution in [-0.2, 0) is 9.53 Å². The highest BCUT2D eigenvalue weighted by Crippen LogP contribution is 2.00. The van der Waals surface area contributed by atoms with Crippen LogP contribution >= 0.6 is 0 Å². The molecule has 70 valence electrons. The molecule has 0 aliphatic rings. The Balaban J connectivity index is 3.38. The Morgan fingerprint density at radius 2 is 2.08 bits per heavy atom. The summed E-state index contributed by atoms with van der Waals surface area (Å²) in [5.41, 5.74) is 0. The van der Waals surface area contributed by atoms with Gasteiger partial charge in [-0.25, -0.2) is 0 Å². The molecule has 0 unspecified atom stereocenters. The van der Waals surface area contributed by atoms with Gasteiger partial charge in [-0.2, -0.15) is 0 Å². The normalized spacial score (nSPS) is 11.0. The molecule has 2 heteroatoms. The molecule has 0 atom stereocenters. The summed E-state index contributed by atoms with van der Waals surface area (Å²) in [6.45, 7) is 6.47. The van der Waals surface area contributed by atoms with E-state index < -0.39 is 0 Å². The number of ether oxygens (including phenoxy) is 1. The smallest absolute Gasteiger partial charge is 0.306 e. The molecule has 0 radical (unpaired) electrons. The highest BCUT2D eigenvalue weighted by molar-refractivity contribution is 5.69. The minimum atomic E-state index is -0.106. The van der Waals surface area contributed by atoms with Crippen molar-refractivity contribution in [3.05, 3.63) is 12.2 Å². The van der Waals surface area contributed by atoms with Crippen molar-refractivity contribution < 1.29 is 9.53 Å². The van der Waals surface area contributed by atoms with E-state index in [9.17, 15) is 4.79 Å². The minimum Gasteiger partial charge on any atom is -0.461 e. The fraction of sp³-hybridized carbons (Fsp3) is 0.700. The van der Waals surface area contributed by atoms with Gasteiger partial charge in [-0.3, -0.25) is 4.79 Å². The molecule has 0 bridgehead atoms. The van der Waals surface area contributed by atoms with Gasteiger partial charge in [0.15, 0.2) is 0 Å². The number of hydrogen-bond donors (Lipinski definition) is 0. The molecule has 0 saturated carbocycles. The lowest BCUT2D eigenvalue weighted by atomic mass is 10.1. The molecule has 12 heavy (non-hydrogen) atoms. The van der Waals surface area contributed by atoms with E-state index in [2.05, 4.69) is 0 Å². The van der Waals surface area contributed by atoms with Gasteiger partial charge in [0, 0.05) is 6.42 Å². The summed E-state index contributed by atoms with van der Waals surface area (Å²) in [6.07, 6.45) is 5.36. The van der Waals surface area contributed by atoms with E-state index in [0.717, 1.165) is 6.42 Å². The molecule has 0 aliphatic carbocycles. The summed E-state index contributed by atoms with van der Waals surface area (Å²) in [4.78, 5) is 11.0. The first-order valence-corrected chi connectivity index (χ1v) is 4.47. The van der Waals surface area contributed by atoms with Crippen molar-refractivity contribution in [3.8, 4) is 0 Å². The van der Waals surface area contributed by atoms with Gasteiger partial charge in [0.2, 0.25) is 0 Å². The fourth-order valence-corrected chi connectivity index (χ4v) is 0.768. The van der Waals surface area contributed by atoms with E-state index >= 15 is 0 Å². The van der Waals surface area contributed by atoms with Crippen LogP contribution in [0.3, 0.4) is 0 Å². The van der Waals surface area contributed by atoms with Crippen LogP contribution in [0.5, 0.6) is 0 Å². The van der Waals surface area contributed by atoms with Gasteiger partial charge < -0.3 is 4.74 Å². The van der Waals surface area contributed by atoms with Crippen LogP contribution in [0, 0.1) is 5.92 Å². The molecule has 2 nitrogen and oxygen atoms in total. The third-order valence-corrected chi connectivity index (χ3v) is 1.32. The molecule has 0 spiro atoms. The van der Waals surface area contributed by atoms with Crippen molar-refractivity contribution in [2.24, 2.45) is 5.92 Å². The average molecular weight is 170 g/mol. The Bertz CT molecular complexity index is 148. The topological polar surface area (TPSA) is 26.3 Å². The zero-order valence-corrected chi connectivity index (χ0v) is 8.17. The number of esters is 1. The highest BCUT2D eigenvalue weighted by Gasteiger charge is 2.03. The molecule has 0 aromatic rings. The maximum absolute atomic E-state index is 11.0. The third kappa shape index (κ3) is 7.32. The SMILES string of the molecule is CC/C=C/COC(=O)CC(C)C. The van der Waals surface area contributed by atoms with E-state index in [0.29, 0.717) is 18.9 Å². The van der Waals surface area contributed by atoms with Crippen LogP contribution in [-0.4, -0.2) is 12.6 Å². The van der Waals surface area contributed by atoms with E-state index in [1.165, 1.54) is 0 Å². The van der Waals surface area contributed by atoms with Crippen LogP contribution in [0.15, 0.2) is 12.2 Å². The van der Waals surface area contributed by atoms with Gasteiger partial charge in [0.05, 0.1) is 0 Å². The summed E-state index contributed by atoms with van der Waals surface area (Å²) in [5.74, 6) is 0.276. The second kappa shape index (κ2) is 6.89. The standard InChI is InChI=1S/C10H18O2/c1-4-5-6-7-12-10(11)8-9(2)3/h5-6,9H,4,7-8H2,1-3H3/b6-5+. The van der Waals surface area contributed by atoms with Gasteiger partial charge in [0.1, 0.15) is 6.61 Å². The van der Waals surface area contributed by atoms with Crippen LogP contribution in [0.4, 0.5) is 0 Å². The Kier molecular flexibility index (Phi) is 6.44. The summed E-state index contributed by atoms with van der Waals surface area (Å²) in [5, 5.41) is 0. The molecule has 0 aliphatic heterocycles. The van der Waals surface area contributed by atoms with Crippen LogP contribution in [0.1, 0.15) is 33.6 Å². The van der Waals surface area contributed by atoms with E-state index in [-0.39, 0.29) is 5.97 Å². The molecule has 0 aromatic carbocycles. The van der Waals surface area contributed by atoms with Crippen LogP contribution in [0.25, 0.3) is 0 Å². The van der Waals surface area contributed by atoms with Crippen molar-refractivity contribution in [2.75, 3.05) is 6.61 Å². The van der Waals surface area contributed by atoms with E-state index in [1.807, 2.05) is 32.9 Å². The Morgan fingerprint density at radius 1 is 1.42 bits per heavy atom. The Hall–Kier alpha value is -0.790. The first-order valence-electron chi connectivity index (χ1n) is 4.47. The molecule has 0 fully saturated rings. The summed E-state index contributed by atoms with van der Waals surface area (Å²) in [6, 6.07) is 0. The molecule has 0 heterocycles. The first kappa shape index (κ1) is 11.2. The van der Waals surface area contributed by atoms with Gasteiger partial charge in [-0.15, -0.1) is 0 Å². The maximum Gasteiger partial charge on any atom is 0.306 e. The van der Waals surface area contributed by atoms with Crippen molar-refractivity contribution in [3.63, 3.8) is 0 Å². The van der Waals surface area contributed by atoms with Crippen molar-refractivity contribution >= 4 is 5.97 Å². The summed E-state index contributed by atoms with van der Waals surface area (Å²) >= 11 is 0. The molecular weight excluding hydrogens is 152 g/mol. The average Bonchev–Trinajstić information content (AvgIpc) is 1.97. The van der Waals surface area contributed by atoms with Crippen molar-refractivity contribution in [1.29, 1.82) is 0 Å². The number of carbonyl (C=O) groups excluding carboxylic acids is 1. The van der Waals surface area contributed by atoms with E-state index in [1.54, 1.807) is 0 Å². The largest absolute Gasteiger partial charge is 0.461 e.